The van der Waals surface area contributed by atoms with E-state index in [9.17, 15) is 18.0 Å². The van der Waals surface area contributed by atoms with E-state index >= 15 is 0 Å². The van der Waals surface area contributed by atoms with Gasteiger partial charge in [0.2, 0.25) is 0 Å². The van der Waals surface area contributed by atoms with Crippen molar-refractivity contribution in [1.29, 1.82) is 0 Å². The first-order chi connectivity index (χ1) is 9.89. The van der Waals surface area contributed by atoms with E-state index in [1.807, 2.05) is 0 Å². The molecule has 1 unspecified atom stereocenters. The van der Waals surface area contributed by atoms with Crippen molar-refractivity contribution in [3.05, 3.63) is 29.8 Å². The normalized spacial score (nSPS) is 18.9. The Morgan fingerprint density at radius 1 is 1.33 bits per heavy atom. The smallest absolute Gasteiger partial charge is 0.406 e. The van der Waals surface area contributed by atoms with Crippen LogP contribution in [0.4, 0.5) is 13.2 Å². The molecular formula is C14H16F3NO3. The van der Waals surface area contributed by atoms with Gasteiger partial charge in [0.1, 0.15) is 5.75 Å². The topological polar surface area (TPSA) is 49.8 Å². The number of halogens is 3. The Bertz CT molecular complexity index is 487. The predicted octanol–water partition coefficient (Wildman–Crippen LogP) is 2.43. The average molecular weight is 303 g/mol. The van der Waals surface area contributed by atoms with Crippen molar-refractivity contribution in [2.45, 2.75) is 19.2 Å². The van der Waals surface area contributed by atoms with E-state index in [0.29, 0.717) is 25.1 Å². The molecule has 1 N–H and O–H groups in total. The van der Waals surface area contributed by atoms with Crippen LogP contribution in [-0.2, 0) is 0 Å². The van der Waals surface area contributed by atoms with Crippen LogP contribution in [0.15, 0.2) is 24.3 Å². The number of hydrogen-bond acceptors (Lipinski definition) is 3. The van der Waals surface area contributed by atoms with Gasteiger partial charge in [-0.25, -0.2) is 0 Å². The van der Waals surface area contributed by atoms with Crippen molar-refractivity contribution >= 4 is 5.91 Å². The number of carbonyl (C=O) groups is 1. The van der Waals surface area contributed by atoms with Crippen LogP contribution in [0.25, 0.3) is 0 Å². The van der Waals surface area contributed by atoms with Crippen molar-refractivity contribution in [3.8, 4) is 5.75 Å². The monoisotopic (exact) mass is 303 g/mol. The second-order valence-electron chi connectivity index (χ2n) is 4.99. The fourth-order valence-electron chi connectivity index (χ4n) is 2.42. The summed E-state index contributed by atoms with van der Waals surface area (Å²) >= 11 is 0. The second kappa shape index (κ2) is 6.34. The standard InChI is InChI=1S/C14H16F3NO3/c15-14(16,17)21-12-3-1-11(2-4-12)13(20)18-7-5-10(9-18)6-8-19/h1-4,10,19H,5-9H2. The summed E-state index contributed by atoms with van der Waals surface area (Å²) in [4.78, 5) is 13.8. The minimum atomic E-state index is -4.74. The van der Waals surface area contributed by atoms with Gasteiger partial charge in [-0.1, -0.05) is 0 Å². The molecule has 0 spiro atoms. The lowest BCUT2D eigenvalue weighted by atomic mass is 10.1. The molecule has 1 aliphatic heterocycles. The third-order valence-electron chi connectivity index (χ3n) is 3.45. The van der Waals surface area contributed by atoms with E-state index in [-0.39, 0.29) is 24.2 Å². The molecule has 0 radical (unpaired) electrons. The molecule has 21 heavy (non-hydrogen) atoms. The van der Waals surface area contributed by atoms with Crippen LogP contribution in [0.1, 0.15) is 23.2 Å². The minimum Gasteiger partial charge on any atom is -0.406 e. The molecule has 0 aliphatic carbocycles. The van der Waals surface area contributed by atoms with Crippen molar-refractivity contribution in [1.82, 2.24) is 4.90 Å². The van der Waals surface area contributed by atoms with Gasteiger partial charge < -0.3 is 14.7 Å². The number of amides is 1. The summed E-state index contributed by atoms with van der Waals surface area (Å²) < 4.78 is 39.9. The molecule has 1 amide bonds. The molecule has 1 heterocycles. The molecule has 0 aromatic heterocycles. The number of aliphatic hydroxyl groups excluding tert-OH is 1. The third kappa shape index (κ3) is 4.35. The molecule has 1 aliphatic rings. The third-order valence-corrected chi connectivity index (χ3v) is 3.45. The second-order valence-corrected chi connectivity index (χ2v) is 4.99. The lowest BCUT2D eigenvalue weighted by molar-refractivity contribution is -0.274. The van der Waals surface area contributed by atoms with Crippen LogP contribution < -0.4 is 4.74 Å². The van der Waals surface area contributed by atoms with Crippen LogP contribution in [0.3, 0.4) is 0 Å². The van der Waals surface area contributed by atoms with Gasteiger partial charge >= 0.3 is 6.36 Å². The maximum absolute atomic E-state index is 12.2. The molecule has 4 nitrogen and oxygen atoms in total. The zero-order chi connectivity index (χ0) is 15.5. The maximum Gasteiger partial charge on any atom is 0.573 e. The summed E-state index contributed by atoms with van der Waals surface area (Å²) in [6.45, 7) is 1.26. The Balaban J connectivity index is 1.97. The van der Waals surface area contributed by atoms with Crippen LogP contribution >= 0.6 is 0 Å². The largest absolute Gasteiger partial charge is 0.573 e. The molecule has 116 valence electrons. The first kappa shape index (κ1) is 15.6. The zero-order valence-corrected chi connectivity index (χ0v) is 11.3. The number of benzene rings is 1. The van der Waals surface area contributed by atoms with Crippen LogP contribution in [-0.4, -0.2) is 42.0 Å². The van der Waals surface area contributed by atoms with E-state index < -0.39 is 6.36 Å². The first-order valence-corrected chi connectivity index (χ1v) is 6.65. The molecule has 2 rings (SSSR count). The Morgan fingerprint density at radius 2 is 2.00 bits per heavy atom. The van der Waals surface area contributed by atoms with Crippen molar-refractivity contribution in [2.24, 2.45) is 5.92 Å². The summed E-state index contributed by atoms with van der Waals surface area (Å²) in [5.41, 5.74) is 0.328. The van der Waals surface area contributed by atoms with Gasteiger partial charge in [0.15, 0.2) is 0 Å². The quantitative estimate of drug-likeness (QED) is 0.929. The maximum atomic E-state index is 12.2. The van der Waals surface area contributed by atoms with E-state index in [1.165, 1.54) is 12.1 Å². The molecule has 1 fully saturated rings. The number of carbonyl (C=O) groups excluding carboxylic acids is 1. The molecule has 1 aromatic rings. The predicted molar refractivity (Wildman–Crippen MR) is 68.8 cm³/mol. The first-order valence-electron chi connectivity index (χ1n) is 6.65. The molecule has 1 saturated heterocycles. The number of rotatable bonds is 4. The Morgan fingerprint density at radius 3 is 2.57 bits per heavy atom. The Labute approximate surface area is 120 Å². The van der Waals surface area contributed by atoms with Gasteiger partial charge in [-0.05, 0) is 43.0 Å². The summed E-state index contributed by atoms with van der Waals surface area (Å²) in [6, 6.07) is 4.90. The average Bonchev–Trinajstić information content (AvgIpc) is 2.86. The fourth-order valence-corrected chi connectivity index (χ4v) is 2.42. The van der Waals surface area contributed by atoms with Crippen molar-refractivity contribution < 1.29 is 27.8 Å². The van der Waals surface area contributed by atoms with Crippen molar-refractivity contribution in [2.75, 3.05) is 19.7 Å². The van der Waals surface area contributed by atoms with Crippen LogP contribution in [0.5, 0.6) is 5.75 Å². The molecular weight excluding hydrogens is 287 g/mol. The highest BCUT2D eigenvalue weighted by molar-refractivity contribution is 5.94. The molecule has 7 heteroatoms. The molecule has 1 aromatic carbocycles. The highest BCUT2D eigenvalue weighted by atomic mass is 19.4. The lowest BCUT2D eigenvalue weighted by Crippen LogP contribution is -2.28. The Hall–Kier alpha value is -1.76. The number of aliphatic hydroxyl groups is 1. The zero-order valence-electron chi connectivity index (χ0n) is 11.3. The number of hydrogen-bond donors (Lipinski definition) is 1. The minimum absolute atomic E-state index is 0.0934. The number of nitrogens with zero attached hydrogens (tertiary/aromatic N) is 1. The van der Waals surface area contributed by atoms with Crippen molar-refractivity contribution in [3.63, 3.8) is 0 Å². The van der Waals surface area contributed by atoms with Gasteiger partial charge in [-0.3, -0.25) is 4.79 Å². The summed E-state index contributed by atoms with van der Waals surface area (Å²) in [5.74, 6) is -0.278. The van der Waals surface area contributed by atoms with Gasteiger partial charge in [-0.2, -0.15) is 0 Å². The van der Waals surface area contributed by atoms with Crippen LogP contribution in [0.2, 0.25) is 0 Å². The lowest BCUT2D eigenvalue weighted by Gasteiger charge is -2.17. The van der Waals surface area contributed by atoms with Gasteiger partial charge in [0.05, 0.1) is 0 Å². The van der Waals surface area contributed by atoms with E-state index in [1.54, 1.807) is 4.90 Å². The SMILES string of the molecule is O=C(c1ccc(OC(F)(F)F)cc1)N1CCC(CCO)C1. The van der Waals surface area contributed by atoms with Crippen LogP contribution in [0, 0.1) is 5.92 Å². The fraction of sp³-hybridized carbons (Fsp3) is 0.500. The van der Waals surface area contributed by atoms with E-state index in [4.69, 9.17) is 5.11 Å². The van der Waals surface area contributed by atoms with Gasteiger partial charge in [0.25, 0.3) is 5.91 Å². The number of ether oxygens (including phenoxy) is 1. The van der Waals surface area contributed by atoms with Gasteiger partial charge in [0, 0.05) is 25.3 Å². The highest BCUT2D eigenvalue weighted by Crippen LogP contribution is 2.25. The summed E-state index contributed by atoms with van der Waals surface area (Å²) in [7, 11) is 0. The Kier molecular flexibility index (Phi) is 4.72. The summed E-state index contributed by atoms with van der Waals surface area (Å²) in [6.07, 6.45) is -3.25. The highest BCUT2D eigenvalue weighted by Gasteiger charge is 2.31. The van der Waals surface area contributed by atoms with E-state index in [0.717, 1.165) is 18.6 Å². The molecule has 0 saturated carbocycles. The number of alkyl halides is 3. The summed E-state index contributed by atoms with van der Waals surface area (Å²) in [5, 5.41) is 8.88. The van der Waals surface area contributed by atoms with E-state index in [2.05, 4.69) is 4.74 Å². The molecule has 1 atom stereocenters. The number of likely N-dealkylation sites (tertiary alicyclic amines) is 1. The van der Waals surface area contributed by atoms with Gasteiger partial charge in [-0.15, -0.1) is 13.2 Å². The molecule has 0 bridgehead atoms.